The highest BCUT2D eigenvalue weighted by Gasteiger charge is 2.24. The van der Waals surface area contributed by atoms with Gasteiger partial charge in [0.15, 0.2) is 17.2 Å². The summed E-state index contributed by atoms with van der Waals surface area (Å²) in [6, 6.07) is 13.6. The fourth-order valence-corrected chi connectivity index (χ4v) is 6.13. The van der Waals surface area contributed by atoms with Gasteiger partial charge < -0.3 is 20.3 Å². The van der Waals surface area contributed by atoms with Crippen LogP contribution in [0.15, 0.2) is 72.0 Å². The van der Waals surface area contributed by atoms with Crippen molar-refractivity contribution >= 4 is 49.3 Å². The number of nitrogens with zero attached hydrogens (tertiary/aromatic N) is 5. The van der Waals surface area contributed by atoms with Crippen LogP contribution in [0.1, 0.15) is 0 Å². The van der Waals surface area contributed by atoms with E-state index < -0.39 is 15.8 Å². The van der Waals surface area contributed by atoms with Crippen molar-refractivity contribution in [3.63, 3.8) is 0 Å². The average molecular weight is 534 g/mol. The molecule has 1 aliphatic heterocycles. The number of ether oxygens (including phenoxy) is 1. The lowest BCUT2D eigenvalue weighted by molar-refractivity contribution is 0.388. The molecular weight excluding hydrogens is 509 g/mol. The third kappa shape index (κ3) is 4.07. The Morgan fingerprint density at radius 1 is 1.03 bits per heavy atom. The topological polar surface area (TPSA) is 114 Å². The van der Waals surface area contributed by atoms with E-state index in [9.17, 15) is 8.42 Å². The molecule has 12 heteroatoms. The largest absolute Gasteiger partial charge is 0.492 e. The van der Waals surface area contributed by atoms with E-state index in [-0.39, 0.29) is 22.2 Å². The molecule has 0 spiro atoms. The second-order valence-corrected chi connectivity index (χ2v) is 10.5. The first-order chi connectivity index (χ1) is 18.5. The molecule has 6 rings (SSSR count). The Labute approximate surface area is 218 Å². The van der Waals surface area contributed by atoms with Crippen LogP contribution in [0.4, 0.5) is 21.7 Å². The molecule has 194 valence electrons. The maximum Gasteiger partial charge on any atom is 0.271 e. The summed E-state index contributed by atoms with van der Waals surface area (Å²) in [6.45, 7) is 2.91. The normalized spacial score (nSPS) is 14.2. The van der Waals surface area contributed by atoms with Gasteiger partial charge in [0.1, 0.15) is 4.90 Å². The van der Waals surface area contributed by atoms with Gasteiger partial charge in [-0.1, -0.05) is 18.2 Å². The summed E-state index contributed by atoms with van der Waals surface area (Å²) in [5.74, 6) is -0.374. The maximum absolute atomic E-state index is 15.4. The van der Waals surface area contributed by atoms with Crippen molar-refractivity contribution in [2.75, 3.05) is 43.5 Å². The molecule has 1 aliphatic rings. The van der Waals surface area contributed by atoms with Gasteiger partial charge in [-0.3, -0.25) is 4.98 Å². The molecule has 4 heterocycles. The van der Waals surface area contributed by atoms with E-state index in [1.807, 2.05) is 4.90 Å². The lowest BCUT2D eigenvalue weighted by Crippen LogP contribution is -2.43. The number of methoxy groups -OCH3 is 1. The van der Waals surface area contributed by atoms with Crippen LogP contribution in [0.3, 0.4) is 0 Å². The van der Waals surface area contributed by atoms with Gasteiger partial charge in [-0.2, -0.15) is 4.98 Å². The Kier molecular flexibility index (Phi) is 6.04. The zero-order chi connectivity index (χ0) is 26.3. The molecule has 5 aromatic rings. The van der Waals surface area contributed by atoms with Crippen LogP contribution in [0.25, 0.3) is 21.9 Å². The molecule has 1 saturated heterocycles. The van der Waals surface area contributed by atoms with Crippen LogP contribution < -0.4 is 20.3 Å². The predicted molar refractivity (Wildman–Crippen MR) is 143 cm³/mol. The summed E-state index contributed by atoms with van der Waals surface area (Å²) in [4.78, 5) is 15.1. The summed E-state index contributed by atoms with van der Waals surface area (Å²) in [6.07, 6.45) is 4.50. The highest BCUT2D eigenvalue weighted by Crippen LogP contribution is 2.36. The highest BCUT2D eigenvalue weighted by molar-refractivity contribution is 7.90. The Morgan fingerprint density at radius 2 is 1.84 bits per heavy atom. The van der Waals surface area contributed by atoms with Gasteiger partial charge in [-0.25, -0.2) is 21.8 Å². The number of para-hydroxylation sites is 1. The van der Waals surface area contributed by atoms with E-state index in [2.05, 4.69) is 25.6 Å². The van der Waals surface area contributed by atoms with Crippen LogP contribution in [0.5, 0.6) is 5.75 Å². The van der Waals surface area contributed by atoms with Crippen molar-refractivity contribution in [1.29, 1.82) is 0 Å². The van der Waals surface area contributed by atoms with Crippen LogP contribution in [0, 0.1) is 5.82 Å². The van der Waals surface area contributed by atoms with E-state index >= 15 is 4.39 Å². The molecule has 3 aromatic heterocycles. The van der Waals surface area contributed by atoms with Crippen LogP contribution in [-0.2, 0) is 10.0 Å². The Morgan fingerprint density at radius 3 is 2.66 bits per heavy atom. The maximum atomic E-state index is 15.4. The first kappa shape index (κ1) is 24.1. The SMILES string of the molecule is COc1c(Nc2ncc3ccn(S(=O)(=O)c4cccc5cccnc45)c3n2)ccc(N2CCNCC2)c1F. The van der Waals surface area contributed by atoms with E-state index in [4.69, 9.17) is 4.74 Å². The zero-order valence-corrected chi connectivity index (χ0v) is 21.2. The lowest BCUT2D eigenvalue weighted by atomic mass is 10.2. The van der Waals surface area contributed by atoms with Crippen molar-refractivity contribution in [1.82, 2.24) is 24.2 Å². The third-order valence-electron chi connectivity index (χ3n) is 6.51. The second kappa shape index (κ2) is 9.54. The molecular formula is C26H24FN7O3S. The number of fused-ring (bicyclic) bond motifs is 2. The first-order valence-corrected chi connectivity index (χ1v) is 13.4. The van der Waals surface area contributed by atoms with Gasteiger partial charge in [0, 0.05) is 55.5 Å². The minimum absolute atomic E-state index is 0.0227. The molecule has 2 aromatic carbocycles. The third-order valence-corrected chi connectivity index (χ3v) is 8.21. The molecule has 2 N–H and O–H groups in total. The summed E-state index contributed by atoms with van der Waals surface area (Å²) in [5, 5.41) is 7.47. The number of rotatable bonds is 6. The molecule has 10 nitrogen and oxygen atoms in total. The Balaban J connectivity index is 1.38. The molecule has 0 aliphatic carbocycles. The molecule has 0 atom stereocenters. The van der Waals surface area contributed by atoms with E-state index in [1.165, 1.54) is 25.6 Å². The average Bonchev–Trinajstić information content (AvgIpc) is 3.38. The van der Waals surface area contributed by atoms with Gasteiger partial charge in [0.2, 0.25) is 5.95 Å². The number of anilines is 3. The van der Waals surface area contributed by atoms with Gasteiger partial charge >= 0.3 is 0 Å². The van der Waals surface area contributed by atoms with Crippen molar-refractivity contribution in [2.24, 2.45) is 0 Å². The number of benzene rings is 2. The van der Waals surface area contributed by atoms with Crippen molar-refractivity contribution < 1.29 is 17.5 Å². The van der Waals surface area contributed by atoms with Gasteiger partial charge in [0.05, 0.1) is 24.0 Å². The van der Waals surface area contributed by atoms with Gasteiger partial charge in [-0.05, 0) is 30.3 Å². The van der Waals surface area contributed by atoms with Crippen LogP contribution >= 0.6 is 0 Å². The van der Waals surface area contributed by atoms with Crippen LogP contribution in [-0.4, -0.2) is 60.6 Å². The number of pyridine rings is 1. The monoisotopic (exact) mass is 533 g/mol. The first-order valence-electron chi connectivity index (χ1n) is 12.0. The summed E-state index contributed by atoms with van der Waals surface area (Å²) >= 11 is 0. The number of hydrogen-bond donors (Lipinski definition) is 2. The predicted octanol–water partition coefficient (Wildman–Crippen LogP) is 3.52. The van der Waals surface area contributed by atoms with Gasteiger partial charge in [-0.15, -0.1) is 0 Å². The molecule has 1 fully saturated rings. The lowest BCUT2D eigenvalue weighted by Gasteiger charge is -2.30. The molecule has 0 amide bonds. The molecule has 0 saturated carbocycles. The fraction of sp³-hybridized carbons (Fsp3) is 0.192. The minimum atomic E-state index is -4.04. The number of halogens is 1. The van der Waals surface area contributed by atoms with Crippen molar-refractivity contribution in [3.8, 4) is 5.75 Å². The number of hydrogen-bond acceptors (Lipinski definition) is 9. The van der Waals surface area contributed by atoms with Crippen molar-refractivity contribution in [2.45, 2.75) is 4.90 Å². The molecule has 0 unspecified atom stereocenters. The molecule has 0 bridgehead atoms. The Hall–Kier alpha value is -4.29. The van der Waals surface area contributed by atoms with E-state index in [0.29, 0.717) is 40.8 Å². The molecule has 0 radical (unpaired) electrons. The number of aromatic nitrogens is 4. The standard InChI is InChI=1S/C26H24FN7O3S/c1-37-24-19(7-8-20(22(24)27)33-14-11-28-12-15-33)31-26-30-16-18-9-13-34(25(18)32-26)38(35,36)21-6-2-4-17-5-3-10-29-23(17)21/h2-10,13,16,28H,11-12,14-15H2,1H3,(H,30,31,32). The number of piperazine rings is 1. The van der Waals surface area contributed by atoms with Crippen molar-refractivity contribution in [3.05, 3.63) is 72.9 Å². The van der Waals surface area contributed by atoms with Crippen LogP contribution in [0.2, 0.25) is 0 Å². The minimum Gasteiger partial charge on any atom is -0.492 e. The smallest absolute Gasteiger partial charge is 0.271 e. The van der Waals surface area contributed by atoms with E-state index in [1.54, 1.807) is 48.7 Å². The highest BCUT2D eigenvalue weighted by atomic mass is 32.2. The fourth-order valence-electron chi connectivity index (χ4n) is 4.65. The second-order valence-electron chi connectivity index (χ2n) is 8.76. The summed E-state index contributed by atoms with van der Waals surface area (Å²) in [7, 11) is -2.64. The van der Waals surface area contributed by atoms with Gasteiger partial charge in [0.25, 0.3) is 10.0 Å². The van der Waals surface area contributed by atoms with E-state index in [0.717, 1.165) is 17.1 Å². The Bertz CT molecular complexity index is 1760. The summed E-state index contributed by atoms with van der Waals surface area (Å²) in [5.41, 5.74) is 1.32. The quantitative estimate of drug-likeness (QED) is 0.338. The number of nitrogens with one attached hydrogen (secondary N) is 2. The molecule has 38 heavy (non-hydrogen) atoms. The summed E-state index contributed by atoms with van der Waals surface area (Å²) < 4.78 is 49.3. The zero-order valence-electron chi connectivity index (χ0n) is 20.4.